The van der Waals surface area contributed by atoms with E-state index in [2.05, 4.69) is 31.4 Å². The standard InChI is InChI=1S/C12H9BrFN3O4S/c13-9-6(14)2-1-5(10(9)20)4-15-17-12-16-11(21)7(22-12)3-8(18)19/h1-2,4,7,20H,3H2,(H,18,19)(H,16,17,21). The highest BCUT2D eigenvalue weighted by molar-refractivity contribution is 9.10. The van der Waals surface area contributed by atoms with Crippen LogP contribution in [0.4, 0.5) is 4.39 Å². The smallest absolute Gasteiger partial charge is 0.305 e. The summed E-state index contributed by atoms with van der Waals surface area (Å²) in [5.74, 6) is -2.47. The molecule has 2 rings (SSSR count). The van der Waals surface area contributed by atoms with Crippen LogP contribution in [0.25, 0.3) is 0 Å². The number of aliphatic carboxylic acids is 1. The molecule has 0 bridgehead atoms. The second-order valence-corrected chi connectivity index (χ2v) is 6.13. The molecule has 1 aromatic rings. The molecule has 3 N–H and O–H groups in total. The summed E-state index contributed by atoms with van der Waals surface area (Å²) in [6, 6.07) is 2.46. The first-order valence-electron chi connectivity index (χ1n) is 5.85. The SMILES string of the molecule is O=C(O)CC1SC(=NN=Cc2ccc(F)c(Br)c2O)NC1=O. The Morgan fingerprint density at radius 1 is 1.55 bits per heavy atom. The Morgan fingerprint density at radius 3 is 2.95 bits per heavy atom. The lowest BCUT2D eigenvalue weighted by molar-refractivity contribution is -0.138. The van der Waals surface area contributed by atoms with Gasteiger partial charge in [0.15, 0.2) is 5.17 Å². The van der Waals surface area contributed by atoms with Crippen molar-refractivity contribution >= 4 is 51.0 Å². The van der Waals surface area contributed by atoms with Gasteiger partial charge in [0, 0.05) is 5.56 Å². The van der Waals surface area contributed by atoms with Crippen molar-refractivity contribution < 1.29 is 24.2 Å². The van der Waals surface area contributed by atoms with E-state index in [0.29, 0.717) is 0 Å². The number of hydrogen-bond acceptors (Lipinski definition) is 6. The van der Waals surface area contributed by atoms with Crippen LogP contribution in [0.2, 0.25) is 0 Å². The van der Waals surface area contributed by atoms with Crippen molar-refractivity contribution in [3.8, 4) is 5.75 Å². The van der Waals surface area contributed by atoms with E-state index in [1.807, 2.05) is 0 Å². The number of aromatic hydroxyl groups is 1. The monoisotopic (exact) mass is 389 g/mol. The summed E-state index contributed by atoms with van der Waals surface area (Å²) in [4.78, 5) is 22.1. The van der Waals surface area contributed by atoms with Gasteiger partial charge in [-0.1, -0.05) is 11.8 Å². The Morgan fingerprint density at radius 2 is 2.27 bits per heavy atom. The predicted octanol–water partition coefficient (Wildman–Crippen LogP) is 1.69. The number of rotatable bonds is 4. The lowest BCUT2D eigenvalue weighted by Gasteiger charge is -2.01. The first-order valence-corrected chi connectivity index (χ1v) is 7.53. The molecule has 116 valence electrons. The van der Waals surface area contributed by atoms with E-state index in [-0.39, 0.29) is 27.4 Å². The van der Waals surface area contributed by atoms with Gasteiger partial charge in [-0.15, -0.1) is 5.10 Å². The maximum Gasteiger partial charge on any atom is 0.305 e. The number of amidine groups is 1. The highest BCUT2D eigenvalue weighted by Gasteiger charge is 2.32. The van der Waals surface area contributed by atoms with E-state index in [0.717, 1.165) is 17.8 Å². The van der Waals surface area contributed by atoms with Gasteiger partial charge in [-0.2, -0.15) is 5.10 Å². The van der Waals surface area contributed by atoms with Crippen molar-refractivity contribution in [1.29, 1.82) is 0 Å². The Balaban J connectivity index is 2.08. The molecule has 10 heteroatoms. The highest BCUT2D eigenvalue weighted by Crippen LogP contribution is 2.29. The van der Waals surface area contributed by atoms with Crippen LogP contribution < -0.4 is 5.32 Å². The molecule has 1 aromatic carbocycles. The number of amides is 1. The average molecular weight is 390 g/mol. The molecule has 0 aromatic heterocycles. The van der Waals surface area contributed by atoms with Gasteiger partial charge in [0.05, 0.1) is 17.1 Å². The van der Waals surface area contributed by atoms with Crippen molar-refractivity contribution in [2.24, 2.45) is 10.2 Å². The van der Waals surface area contributed by atoms with E-state index in [1.54, 1.807) is 0 Å². The number of carbonyl (C=O) groups excluding carboxylic acids is 1. The predicted molar refractivity (Wildman–Crippen MR) is 82.6 cm³/mol. The Kier molecular flexibility index (Phi) is 5.14. The number of carbonyl (C=O) groups is 2. The summed E-state index contributed by atoms with van der Waals surface area (Å²) in [5.41, 5.74) is 0.231. The molecule has 1 amide bonds. The molecule has 1 fully saturated rings. The van der Waals surface area contributed by atoms with Crippen molar-refractivity contribution in [3.05, 3.63) is 28.0 Å². The zero-order valence-corrected chi connectivity index (χ0v) is 13.2. The third-order valence-electron chi connectivity index (χ3n) is 2.58. The topological polar surface area (TPSA) is 111 Å². The number of carboxylic acid groups (broad SMARTS) is 1. The number of phenols is 1. The van der Waals surface area contributed by atoms with Crippen LogP contribution in [-0.2, 0) is 9.59 Å². The summed E-state index contributed by atoms with van der Waals surface area (Å²) in [5, 5.41) is 27.6. The van der Waals surface area contributed by atoms with E-state index in [1.165, 1.54) is 12.3 Å². The molecule has 0 radical (unpaired) electrons. The number of benzene rings is 1. The normalized spacial score (nSPS) is 19.8. The van der Waals surface area contributed by atoms with Gasteiger partial charge in [0.2, 0.25) is 5.91 Å². The minimum absolute atomic E-state index is 0.0887. The minimum atomic E-state index is -1.08. The summed E-state index contributed by atoms with van der Waals surface area (Å²) >= 11 is 3.84. The lowest BCUT2D eigenvalue weighted by atomic mass is 10.2. The minimum Gasteiger partial charge on any atom is -0.506 e. The quantitative estimate of drug-likeness (QED) is 0.535. The molecule has 0 spiro atoms. The van der Waals surface area contributed by atoms with E-state index in [9.17, 15) is 19.1 Å². The second kappa shape index (κ2) is 6.88. The van der Waals surface area contributed by atoms with Crippen molar-refractivity contribution in [2.75, 3.05) is 0 Å². The number of carboxylic acids is 1. The lowest BCUT2D eigenvalue weighted by Crippen LogP contribution is -2.26. The molecular weight excluding hydrogens is 381 g/mol. The summed E-state index contributed by atoms with van der Waals surface area (Å²) in [6.07, 6.45) is 0.870. The van der Waals surface area contributed by atoms with E-state index < -0.39 is 22.9 Å². The molecule has 1 saturated heterocycles. The fourth-order valence-corrected chi connectivity index (χ4v) is 2.82. The zero-order valence-electron chi connectivity index (χ0n) is 10.8. The van der Waals surface area contributed by atoms with Crippen molar-refractivity contribution in [2.45, 2.75) is 11.7 Å². The van der Waals surface area contributed by atoms with Gasteiger partial charge in [-0.05, 0) is 28.1 Å². The molecule has 1 aliphatic rings. The van der Waals surface area contributed by atoms with E-state index in [4.69, 9.17) is 5.11 Å². The number of nitrogens with one attached hydrogen (secondary N) is 1. The first kappa shape index (κ1) is 16.4. The number of hydrogen-bond donors (Lipinski definition) is 3. The van der Waals surface area contributed by atoms with Gasteiger partial charge in [-0.25, -0.2) is 4.39 Å². The first-order chi connectivity index (χ1) is 10.4. The Hall–Kier alpha value is -1.94. The highest BCUT2D eigenvalue weighted by atomic mass is 79.9. The molecule has 0 aliphatic carbocycles. The molecule has 1 heterocycles. The van der Waals surface area contributed by atoms with Crippen molar-refractivity contribution in [1.82, 2.24) is 5.32 Å². The van der Waals surface area contributed by atoms with Gasteiger partial charge in [-0.3, -0.25) is 9.59 Å². The number of phenolic OH excluding ortho intramolecular Hbond substituents is 1. The molecule has 22 heavy (non-hydrogen) atoms. The second-order valence-electron chi connectivity index (χ2n) is 4.14. The van der Waals surface area contributed by atoms with Gasteiger partial charge in [0.1, 0.15) is 16.8 Å². The number of nitrogens with zero attached hydrogens (tertiary/aromatic N) is 2. The van der Waals surface area contributed by atoms with Crippen LogP contribution in [0.1, 0.15) is 12.0 Å². The third-order valence-corrected chi connectivity index (χ3v) is 4.41. The molecule has 7 nitrogen and oxygen atoms in total. The van der Waals surface area contributed by atoms with Gasteiger partial charge < -0.3 is 15.5 Å². The molecule has 0 saturated carbocycles. The van der Waals surface area contributed by atoms with Crippen LogP contribution in [0.3, 0.4) is 0 Å². The Bertz CT molecular complexity index is 695. The number of halogens is 2. The maximum atomic E-state index is 13.1. The van der Waals surface area contributed by atoms with Gasteiger partial charge >= 0.3 is 5.97 Å². The maximum absolute atomic E-state index is 13.1. The van der Waals surface area contributed by atoms with Crippen LogP contribution in [0.5, 0.6) is 5.75 Å². The van der Waals surface area contributed by atoms with Crippen LogP contribution in [-0.4, -0.2) is 38.7 Å². The largest absolute Gasteiger partial charge is 0.506 e. The molecular formula is C12H9BrFN3O4S. The third kappa shape index (κ3) is 3.83. The van der Waals surface area contributed by atoms with Crippen LogP contribution >= 0.6 is 27.7 Å². The molecule has 1 atom stereocenters. The number of thioether (sulfide) groups is 1. The Labute approximate surface area is 136 Å². The summed E-state index contributed by atoms with van der Waals surface area (Å²) in [6.45, 7) is 0. The van der Waals surface area contributed by atoms with E-state index >= 15 is 0 Å². The molecule has 1 unspecified atom stereocenters. The summed E-state index contributed by atoms with van der Waals surface area (Å²) < 4.78 is 13.1. The zero-order chi connectivity index (χ0) is 16.3. The van der Waals surface area contributed by atoms with Gasteiger partial charge in [0.25, 0.3) is 0 Å². The molecule has 1 aliphatic heterocycles. The van der Waals surface area contributed by atoms with Crippen LogP contribution in [0.15, 0.2) is 26.8 Å². The average Bonchev–Trinajstić information content (AvgIpc) is 2.78. The fourth-order valence-electron chi connectivity index (χ4n) is 1.55. The van der Waals surface area contributed by atoms with Crippen LogP contribution in [0, 0.1) is 5.82 Å². The summed E-state index contributed by atoms with van der Waals surface area (Å²) in [7, 11) is 0. The fraction of sp³-hybridized carbons (Fsp3) is 0.167. The van der Waals surface area contributed by atoms with Crippen molar-refractivity contribution in [3.63, 3.8) is 0 Å².